The first-order chi connectivity index (χ1) is 10.8. The molecule has 0 saturated heterocycles. The summed E-state index contributed by atoms with van der Waals surface area (Å²) in [7, 11) is 0. The first-order valence-corrected chi connectivity index (χ1v) is 7.67. The summed E-state index contributed by atoms with van der Waals surface area (Å²) in [5.74, 6) is 0.981. The maximum atomic E-state index is 8.90. The Morgan fingerprint density at radius 3 is 2.68 bits per heavy atom. The third kappa shape index (κ3) is 3.38. The molecule has 0 aliphatic heterocycles. The van der Waals surface area contributed by atoms with Crippen LogP contribution in [0.25, 0.3) is 11.0 Å². The summed E-state index contributed by atoms with van der Waals surface area (Å²) in [6.45, 7) is 2.83. The highest BCUT2D eigenvalue weighted by molar-refractivity contribution is 5.78. The highest BCUT2D eigenvalue weighted by atomic mass is 16.3. The topological polar surface area (TPSA) is 45.4 Å². The SMILES string of the molecule is CC(NCCO)c1ccc2cc(Cc3ccccc3)oc2c1. The predicted octanol–water partition coefficient (Wildman–Crippen LogP) is 3.67. The fraction of sp³-hybridized carbons (Fsp3) is 0.263. The lowest BCUT2D eigenvalue weighted by Gasteiger charge is -2.12. The van der Waals surface area contributed by atoms with Gasteiger partial charge >= 0.3 is 0 Å². The fourth-order valence-electron chi connectivity index (χ4n) is 2.66. The molecule has 0 spiro atoms. The van der Waals surface area contributed by atoms with Crippen molar-refractivity contribution in [2.45, 2.75) is 19.4 Å². The van der Waals surface area contributed by atoms with Gasteiger partial charge in [-0.2, -0.15) is 0 Å². The van der Waals surface area contributed by atoms with Crippen LogP contribution in [0.1, 0.15) is 29.9 Å². The van der Waals surface area contributed by atoms with E-state index in [0.717, 1.165) is 23.2 Å². The summed E-state index contributed by atoms with van der Waals surface area (Å²) in [5.41, 5.74) is 3.34. The molecule has 0 amide bonds. The van der Waals surface area contributed by atoms with Gasteiger partial charge in [0.2, 0.25) is 0 Å². The Balaban J connectivity index is 1.81. The van der Waals surface area contributed by atoms with Gasteiger partial charge in [0, 0.05) is 24.4 Å². The summed E-state index contributed by atoms with van der Waals surface area (Å²) >= 11 is 0. The Morgan fingerprint density at radius 2 is 1.91 bits per heavy atom. The highest BCUT2D eigenvalue weighted by Crippen LogP contribution is 2.25. The predicted molar refractivity (Wildman–Crippen MR) is 89.0 cm³/mol. The first-order valence-electron chi connectivity index (χ1n) is 7.67. The normalized spacial score (nSPS) is 12.6. The van der Waals surface area contributed by atoms with E-state index in [1.807, 2.05) is 18.2 Å². The lowest BCUT2D eigenvalue weighted by Crippen LogP contribution is -2.21. The molecule has 1 heterocycles. The Morgan fingerprint density at radius 1 is 1.09 bits per heavy atom. The molecule has 1 unspecified atom stereocenters. The molecular weight excluding hydrogens is 274 g/mol. The average Bonchev–Trinajstić information content (AvgIpc) is 2.94. The van der Waals surface area contributed by atoms with Crippen molar-refractivity contribution in [1.82, 2.24) is 5.32 Å². The van der Waals surface area contributed by atoms with Crippen LogP contribution in [-0.2, 0) is 6.42 Å². The molecule has 22 heavy (non-hydrogen) atoms. The Labute approximate surface area is 130 Å². The van der Waals surface area contributed by atoms with Gasteiger partial charge in [-0.05, 0) is 30.2 Å². The fourth-order valence-corrected chi connectivity index (χ4v) is 2.66. The highest BCUT2D eigenvalue weighted by Gasteiger charge is 2.09. The van der Waals surface area contributed by atoms with Gasteiger partial charge < -0.3 is 14.8 Å². The lowest BCUT2D eigenvalue weighted by molar-refractivity contribution is 0.286. The van der Waals surface area contributed by atoms with Crippen LogP contribution in [0.2, 0.25) is 0 Å². The smallest absolute Gasteiger partial charge is 0.134 e. The first kappa shape index (κ1) is 14.8. The van der Waals surface area contributed by atoms with Crippen LogP contribution in [0.15, 0.2) is 59.0 Å². The van der Waals surface area contributed by atoms with E-state index >= 15 is 0 Å². The summed E-state index contributed by atoms with van der Waals surface area (Å²) in [6.07, 6.45) is 0.809. The molecule has 0 aliphatic carbocycles. The second-order valence-electron chi connectivity index (χ2n) is 5.57. The molecule has 0 saturated carbocycles. The maximum absolute atomic E-state index is 8.90. The third-order valence-corrected chi connectivity index (χ3v) is 3.88. The number of nitrogens with one attached hydrogen (secondary N) is 1. The third-order valence-electron chi connectivity index (χ3n) is 3.88. The molecular formula is C19H21NO2. The molecule has 0 aliphatic rings. The zero-order valence-corrected chi connectivity index (χ0v) is 12.8. The second-order valence-corrected chi connectivity index (χ2v) is 5.57. The molecule has 0 fully saturated rings. The van der Waals surface area contributed by atoms with Crippen LogP contribution in [0, 0.1) is 0 Å². The Bertz CT molecular complexity index is 734. The van der Waals surface area contributed by atoms with Crippen molar-refractivity contribution < 1.29 is 9.52 Å². The maximum Gasteiger partial charge on any atom is 0.134 e. The van der Waals surface area contributed by atoms with Gasteiger partial charge in [-0.3, -0.25) is 0 Å². The van der Waals surface area contributed by atoms with Crippen molar-refractivity contribution in [3.05, 3.63) is 71.5 Å². The van der Waals surface area contributed by atoms with E-state index in [1.165, 1.54) is 11.1 Å². The summed E-state index contributed by atoms with van der Waals surface area (Å²) < 4.78 is 5.99. The number of fused-ring (bicyclic) bond motifs is 1. The van der Waals surface area contributed by atoms with Crippen LogP contribution < -0.4 is 5.32 Å². The molecule has 114 valence electrons. The van der Waals surface area contributed by atoms with Gasteiger partial charge in [-0.25, -0.2) is 0 Å². The van der Waals surface area contributed by atoms with E-state index in [-0.39, 0.29) is 12.6 Å². The van der Waals surface area contributed by atoms with Gasteiger partial charge in [0.1, 0.15) is 11.3 Å². The van der Waals surface area contributed by atoms with Gasteiger partial charge in [0.25, 0.3) is 0 Å². The van der Waals surface area contributed by atoms with Crippen molar-refractivity contribution in [1.29, 1.82) is 0 Å². The molecule has 3 heteroatoms. The van der Waals surface area contributed by atoms with Gasteiger partial charge in [-0.15, -0.1) is 0 Å². The Kier molecular flexibility index (Phi) is 4.56. The molecule has 0 radical (unpaired) electrons. The molecule has 1 atom stereocenters. The number of furan rings is 1. The number of hydrogen-bond acceptors (Lipinski definition) is 3. The van der Waals surface area contributed by atoms with Crippen molar-refractivity contribution in [2.75, 3.05) is 13.2 Å². The largest absolute Gasteiger partial charge is 0.461 e. The average molecular weight is 295 g/mol. The zero-order chi connectivity index (χ0) is 15.4. The van der Waals surface area contributed by atoms with E-state index in [1.54, 1.807) is 0 Å². The minimum absolute atomic E-state index is 0.147. The summed E-state index contributed by atoms with van der Waals surface area (Å²) in [5, 5.41) is 13.3. The van der Waals surface area contributed by atoms with E-state index in [0.29, 0.717) is 6.54 Å². The number of aliphatic hydroxyl groups is 1. The van der Waals surface area contributed by atoms with Crippen LogP contribution in [-0.4, -0.2) is 18.3 Å². The molecule has 3 nitrogen and oxygen atoms in total. The van der Waals surface area contributed by atoms with Crippen LogP contribution >= 0.6 is 0 Å². The standard InChI is InChI=1S/C19H21NO2/c1-14(20-9-10-21)16-7-8-17-12-18(22-19(17)13-16)11-15-5-3-2-4-6-15/h2-8,12-14,20-21H,9-11H2,1H3. The van der Waals surface area contributed by atoms with Crippen molar-refractivity contribution >= 4 is 11.0 Å². The summed E-state index contributed by atoms with van der Waals surface area (Å²) in [6, 6.07) is 18.9. The quantitative estimate of drug-likeness (QED) is 0.729. The van der Waals surface area contributed by atoms with E-state index in [4.69, 9.17) is 9.52 Å². The lowest BCUT2D eigenvalue weighted by atomic mass is 10.1. The van der Waals surface area contributed by atoms with E-state index in [2.05, 4.69) is 48.6 Å². The molecule has 2 N–H and O–H groups in total. The number of hydrogen-bond donors (Lipinski definition) is 2. The molecule has 3 rings (SSSR count). The number of benzene rings is 2. The van der Waals surface area contributed by atoms with Gasteiger partial charge in [-0.1, -0.05) is 42.5 Å². The Hall–Kier alpha value is -2.10. The zero-order valence-electron chi connectivity index (χ0n) is 12.8. The van der Waals surface area contributed by atoms with Gasteiger partial charge in [0.05, 0.1) is 6.61 Å². The second kappa shape index (κ2) is 6.77. The monoisotopic (exact) mass is 295 g/mol. The van der Waals surface area contributed by atoms with Crippen molar-refractivity contribution in [2.24, 2.45) is 0 Å². The van der Waals surface area contributed by atoms with Gasteiger partial charge in [0.15, 0.2) is 0 Å². The minimum Gasteiger partial charge on any atom is -0.461 e. The number of rotatable bonds is 6. The van der Waals surface area contributed by atoms with Crippen molar-refractivity contribution in [3.63, 3.8) is 0 Å². The van der Waals surface area contributed by atoms with E-state index < -0.39 is 0 Å². The molecule has 2 aromatic carbocycles. The summed E-state index contributed by atoms with van der Waals surface area (Å²) in [4.78, 5) is 0. The van der Waals surface area contributed by atoms with Crippen LogP contribution in [0.3, 0.4) is 0 Å². The molecule has 1 aromatic heterocycles. The molecule has 0 bridgehead atoms. The number of aliphatic hydroxyl groups excluding tert-OH is 1. The minimum atomic E-state index is 0.147. The van der Waals surface area contributed by atoms with Crippen molar-refractivity contribution in [3.8, 4) is 0 Å². The van der Waals surface area contributed by atoms with E-state index in [9.17, 15) is 0 Å². The van der Waals surface area contributed by atoms with Crippen LogP contribution in [0.5, 0.6) is 0 Å². The van der Waals surface area contributed by atoms with Crippen LogP contribution in [0.4, 0.5) is 0 Å². The molecule has 3 aromatic rings.